The summed E-state index contributed by atoms with van der Waals surface area (Å²) in [4.78, 5) is 12.3. The predicted molar refractivity (Wildman–Crippen MR) is 72.7 cm³/mol. The Morgan fingerprint density at radius 3 is 2.57 bits per heavy atom. The van der Waals surface area contributed by atoms with E-state index in [4.69, 9.17) is 0 Å². The van der Waals surface area contributed by atoms with Crippen molar-refractivity contribution in [3.8, 4) is 0 Å². The normalized spacial score (nSPS) is 21.0. The quantitative estimate of drug-likeness (QED) is 0.783. The molecule has 5 heteroatoms. The largest absolute Gasteiger partial charge is 0.416 e. The zero-order chi connectivity index (χ0) is 15.3. The van der Waals surface area contributed by atoms with Gasteiger partial charge in [0.05, 0.1) is 5.56 Å². The predicted octanol–water partition coefficient (Wildman–Crippen LogP) is 3.42. The molecule has 1 aromatic carbocycles. The number of nitrogens with zero attached hydrogens (tertiary/aromatic N) is 1. The Bertz CT molecular complexity index is 553. The van der Waals surface area contributed by atoms with Crippen molar-refractivity contribution in [2.75, 3.05) is 13.1 Å². The third kappa shape index (κ3) is 2.54. The molecule has 1 spiro atoms. The first-order valence-corrected chi connectivity index (χ1v) is 7.18. The van der Waals surface area contributed by atoms with E-state index in [-0.39, 0.29) is 5.41 Å². The Hall–Kier alpha value is -1.52. The molecule has 1 aliphatic heterocycles. The van der Waals surface area contributed by atoms with Crippen LogP contribution in [0.5, 0.6) is 0 Å². The zero-order valence-electron chi connectivity index (χ0n) is 11.9. The van der Waals surface area contributed by atoms with Gasteiger partial charge in [-0.15, -0.1) is 0 Å². The summed E-state index contributed by atoms with van der Waals surface area (Å²) in [6, 6.07) is 4.44. The SMILES string of the molecule is Cc1c(CC2CC3(C2)CN(C=O)C3)cccc1C(F)(F)F. The van der Waals surface area contributed by atoms with Crippen molar-refractivity contribution >= 4 is 6.41 Å². The number of carbonyl (C=O) groups excluding carboxylic acids is 1. The number of hydrogen-bond donors (Lipinski definition) is 0. The average molecular weight is 297 g/mol. The first kappa shape index (κ1) is 14.4. The van der Waals surface area contributed by atoms with Crippen LogP contribution in [0, 0.1) is 18.3 Å². The Kier molecular flexibility index (Phi) is 3.26. The van der Waals surface area contributed by atoms with Crippen molar-refractivity contribution in [1.29, 1.82) is 0 Å². The molecule has 0 aromatic heterocycles. The van der Waals surface area contributed by atoms with E-state index in [9.17, 15) is 18.0 Å². The summed E-state index contributed by atoms with van der Waals surface area (Å²) in [7, 11) is 0. The van der Waals surface area contributed by atoms with Crippen LogP contribution in [0.1, 0.15) is 29.5 Å². The average Bonchev–Trinajstić information content (AvgIpc) is 2.31. The lowest BCUT2D eigenvalue weighted by Crippen LogP contribution is -2.61. The Balaban J connectivity index is 1.64. The van der Waals surface area contributed by atoms with Crippen molar-refractivity contribution in [3.05, 3.63) is 34.9 Å². The molecule has 114 valence electrons. The molecule has 0 radical (unpaired) electrons. The highest BCUT2D eigenvalue weighted by atomic mass is 19.4. The Morgan fingerprint density at radius 1 is 1.33 bits per heavy atom. The van der Waals surface area contributed by atoms with E-state index in [2.05, 4.69) is 0 Å². The molecule has 0 atom stereocenters. The summed E-state index contributed by atoms with van der Waals surface area (Å²) in [5.74, 6) is 0.445. The fraction of sp³-hybridized carbons (Fsp3) is 0.562. The second kappa shape index (κ2) is 4.75. The van der Waals surface area contributed by atoms with Gasteiger partial charge in [0.1, 0.15) is 0 Å². The van der Waals surface area contributed by atoms with Crippen molar-refractivity contribution in [1.82, 2.24) is 4.90 Å². The molecule has 1 saturated heterocycles. The van der Waals surface area contributed by atoms with Gasteiger partial charge in [-0.2, -0.15) is 13.2 Å². The van der Waals surface area contributed by atoms with E-state index >= 15 is 0 Å². The van der Waals surface area contributed by atoms with Crippen molar-refractivity contribution in [3.63, 3.8) is 0 Å². The maximum Gasteiger partial charge on any atom is 0.416 e. The molecule has 1 aliphatic carbocycles. The number of likely N-dealkylation sites (tertiary alicyclic amines) is 1. The van der Waals surface area contributed by atoms with Gasteiger partial charge in [-0.25, -0.2) is 0 Å². The van der Waals surface area contributed by atoms with Gasteiger partial charge in [0.2, 0.25) is 6.41 Å². The first-order chi connectivity index (χ1) is 9.83. The summed E-state index contributed by atoms with van der Waals surface area (Å²) in [5, 5.41) is 0. The summed E-state index contributed by atoms with van der Waals surface area (Å²) >= 11 is 0. The highest BCUT2D eigenvalue weighted by Crippen LogP contribution is 2.52. The number of amides is 1. The Morgan fingerprint density at radius 2 is 2.00 bits per heavy atom. The second-order valence-corrected chi connectivity index (χ2v) is 6.58. The van der Waals surface area contributed by atoms with Crippen LogP contribution in [0.25, 0.3) is 0 Å². The molecule has 2 nitrogen and oxygen atoms in total. The fourth-order valence-corrected chi connectivity index (χ4v) is 3.98. The minimum Gasteiger partial charge on any atom is -0.344 e. The molecular formula is C16H18F3NO. The molecule has 1 heterocycles. The van der Waals surface area contributed by atoms with Gasteiger partial charge in [0.25, 0.3) is 0 Å². The van der Waals surface area contributed by atoms with Crippen LogP contribution in [0.3, 0.4) is 0 Å². The number of carbonyl (C=O) groups is 1. The molecule has 2 fully saturated rings. The highest BCUT2D eigenvalue weighted by Gasteiger charge is 2.51. The third-order valence-corrected chi connectivity index (χ3v) is 4.93. The van der Waals surface area contributed by atoms with Crippen LogP contribution in [-0.2, 0) is 17.4 Å². The minimum absolute atomic E-state index is 0.265. The molecule has 0 bridgehead atoms. The first-order valence-electron chi connectivity index (χ1n) is 7.18. The molecule has 1 saturated carbocycles. The molecule has 2 aliphatic rings. The van der Waals surface area contributed by atoms with E-state index in [0.717, 1.165) is 44.0 Å². The van der Waals surface area contributed by atoms with Gasteiger partial charge in [0, 0.05) is 18.5 Å². The number of benzene rings is 1. The highest BCUT2D eigenvalue weighted by molar-refractivity contribution is 5.49. The van der Waals surface area contributed by atoms with Gasteiger partial charge >= 0.3 is 6.18 Å². The lowest BCUT2D eigenvalue weighted by molar-refractivity contribution is -0.141. The van der Waals surface area contributed by atoms with Crippen LogP contribution in [-0.4, -0.2) is 24.4 Å². The molecule has 0 unspecified atom stereocenters. The topological polar surface area (TPSA) is 20.3 Å². The molecule has 1 amide bonds. The van der Waals surface area contributed by atoms with Crippen molar-refractivity contribution in [2.45, 2.75) is 32.4 Å². The number of hydrogen-bond acceptors (Lipinski definition) is 1. The van der Waals surface area contributed by atoms with E-state index in [1.165, 1.54) is 6.07 Å². The minimum atomic E-state index is -4.28. The number of rotatable bonds is 3. The van der Waals surface area contributed by atoms with E-state index in [0.29, 0.717) is 17.9 Å². The maximum absolute atomic E-state index is 12.9. The third-order valence-electron chi connectivity index (χ3n) is 4.93. The van der Waals surface area contributed by atoms with E-state index < -0.39 is 11.7 Å². The second-order valence-electron chi connectivity index (χ2n) is 6.58. The Labute approximate surface area is 121 Å². The summed E-state index contributed by atoms with van der Waals surface area (Å²) in [6.07, 6.45) is -0.659. The smallest absolute Gasteiger partial charge is 0.344 e. The van der Waals surface area contributed by atoms with E-state index in [1.807, 2.05) is 0 Å². The van der Waals surface area contributed by atoms with Gasteiger partial charge in [-0.3, -0.25) is 4.79 Å². The van der Waals surface area contributed by atoms with Gasteiger partial charge < -0.3 is 4.90 Å². The van der Waals surface area contributed by atoms with Crippen LogP contribution in [0.15, 0.2) is 18.2 Å². The van der Waals surface area contributed by atoms with Gasteiger partial charge in [0.15, 0.2) is 0 Å². The monoisotopic (exact) mass is 297 g/mol. The molecular weight excluding hydrogens is 279 g/mol. The standard InChI is InChI=1S/C16H18F3NO/c1-11-13(3-2-4-14(11)16(17,18)19)5-12-6-15(7-12)8-20(9-15)10-21/h2-4,10,12H,5-9H2,1H3. The zero-order valence-corrected chi connectivity index (χ0v) is 11.9. The molecule has 21 heavy (non-hydrogen) atoms. The molecule has 0 N–H and O–H groups in total. The number of halogens is 3. The van der Waals surface area contributed by atoms with Crippen LogP contribution in [0.2, 0.25) is 0 Å². The summed E-state index contributed by atoms with van der Waals surface area (Å²) in [5.41, 5.74) is 0.899. The van der Waals surface area contributed by atoms with Crippen molar-refractivity contribution < 1.29 is 18.0 Å². The summed E-state index contributed by atoms with van der Waals surface area (Å²) < 4.78 is 38.7. The van der Waals surface area contributed by atoms with Crippen molar-refractivity contribution in [2.24, 2.45) is 11.3 Å². The van der Waals surface area contributed by atoms with Gasteiger partial charge in [-0.05, 0) is 49.3 Å². The lowest BCUT2D eigenvalue weighted by atomic mass is 9.56. The van der Waals surface area contributed by atoms with Crippen LogP contribution in [0.4, 0.5) is 13.2 Å². The fourth-order valence-electron chi connectivity index (χ4n) is 3.98. The lowest BCUT2D eigenvalue weighted by Gasteiger charge is -2.58. The maximum atomic E-state index is 12.9. The molecule has 3 rings (SSSR count). The van der Waals surface area contributed by atoms with E-state index in [1.54, 1.807) is 17.9 Å². The summed E-state index contributed by atoms with van der Waals surface area (Å²) in [6.45, 7) is 3.19. The van der Waals surface area contributed by atoms with Crippen LogP contribution >= 0.6 is 0 Å². The van der Waals surface area contributed by atoms with Gasteiger partial charge in [-0.1, -0.05) is 12.1 Å². The number of alkyl halides is 3. The molecule has 1 aromatic rings. The van der Waals surface area contributed by atoms with Crippen LogP contribution < -0.4 is 0 Å².